The first-order valence-corrected chi connectivity index (χ1v) is 16.9. The van der Waals surface area contributed by atoms with Crippen LogP contribution in [0.1, 0.15) is 86.0 Å². The molecule has 11 nitrogen and oxygen atoms in total. The van der Waals surface area contributed by atoms with E-state index in [1.165, 1.54) is 11.0 Å². The highest BCUT2D eigenvalue weighted by molar-refractivity contribution is 7.91. The highest BCUT2D eigenvalue weighted by Crippen LogP contribution is 2.47. The third-order valence-electron chi connectivity index (χ3n) is 8.88. The molecule has 1 heterocycles. The molecule has 3 fully saturated rings. The zero-order chi connectivity index (χ0) is 33.1. The number of nitrogens with one attached hydrogen (secondary N) is 3. The number of rotatable bonds is 15. The molecule has 1 aliphatic heterocycles. The predicted molar refractivity (Wildman–Crippen MR) is 164 cm³/mol. The lowest BCUT2D eigenvalue weighted by Crippen LogP contribution is -2.59. The average Bonchev–Trinajstić information content (AvgIpc) is 3.83. The first kappa shape index (κ1) is 35.5. The van der Waals surface area contributed by atoms with Crippen molar-refractivity contribution in [2.75, 3.05) is 13.2 Å². The maximum Gasteiger partial charge on any atom is 0.408 e. The topological polar surface area (TPSA) is 151 Å². The zero-order valence-corrected chi connectivity index (χ0v) is 27.4. The van der Waals surface area contributed by atoms with Gasteiger partial charge in [0.2, 0.25) is 21.8 Å². The van der Waals surface area contributed by atoms with Crippen LogP contribution in [0, 0.1) is 17.8 Å². The van der Waals surface area contributed by atoms with Crippen LogP contribution in [0.2, 0.25) is 0 Å². The van der Waals surface area contributed by atoms with Crippen molar-refractivity contribution < 1.29 is 36.7 Å². The largest absolute Gasteiger partial charge is 0.444 e. The van der Waals surface area contributed by atoms with E-state index in [9.17, 15) is 32.0 Å². The van der Waals surface area contributed by atoms with E-state index in [-0.39, 0.29) is 37.6 Å². The Balaban J connectivity index is 1.78. The molecule has 0 spiro atoms. The average molecular weight is 641 g/mol. The number of halogens is 1. The molecule has 0 aromatic rings. The summed E-state index contributed by atoms with van der Waals surface area (Å²) in [5.41, 5.74) is -2.36. The fourth-order valence-electron chi connectivity index (χ4n) is 5.93. The number of amides is 4. The highest BCUT2D eigenvalue weighted by atomic mass is 32.2. The summed E-state index contributed by atoms with van der Waals surface area (Å²) < 4.78 is 44.8. The Morgan fingerprint density at radius 2 is 1.82 bits per heavy atom. The van der Waals surface area contributed by atoms with Crippen molar-refractivity contribution in [3.05, 3.63) is 25.3 Å². The summed E-state index contributed by atoms with van der Waals surface area (Å²) in [6.07, 6.45) is 6.04. The zero-order valence-electron chi connectivity index (χ0n) is 26.6. The van der Waals surface area contributed by atoms with Crippen LogP contribution in [0.4, 0.5) is 9.18 Å². The van der Waals surface area contributed by atoms with Crippen molar-refractivity contribution in [1.82, 2.24) is 20.3 Å². The van der Waals surface area contributed by atoms with Gasteiger partial charge in [-0.15, -0.1) is 13.2 Å². The van der Waals surface area contributed by atoms with Gasteiger partial charge in [0.25, 0.3) is 5.91 Å². The summed E-state index contributed by atoms with van der Waals surface area (Å²) in [5, 5.41) is 5.45. The van der Waals surface area contributed by atoms with Crippen molar-refractivity contribution in [2.24, 2.45) is 17.8 Å². The maximum atomic E-state index is 14.0. The summed E-state index contributed by atoms with van der Waals surface area (Å²) in [6, 6.07) is -1.91. The van der Waals surface area contributed by atoms with Crippen LogP contribution < -0.4 is 15.4 Å². The Hall–Kier alpha value is -2.96. The van der Waals surface area contributed by atoms with E-state index in [2.05, 4.69) is 30.7 Å². The van der Waals surface area contributed by atoms with E-state index in [0.29, 0.717) is 19.3 Å². The number of alkyl halides is 1. The molecule has 248 valence electrons. The second-order valence-corrected chi connectivity index (χ2v) is 15.8. The van der Waals surface area contributed by atoms with E-state index >= 15 is 0 Å². The Kier molecular flexibility index (Phi) is 11.0. The number of likely N-dealkylation sites (tertiary alicyclic amines) is 1. The molecule has 0 aromatic carbocycles. The Bertz CT molecular complexity index is 1250. The monoisotopic (exact) mass is 640 g/mol. The molecule has 3 rings (SSSR count). The van der Waals surface area contributed by atoms with Gasteiger partial charge in [0.1, 0.15) is 34.6 Å². The molecule has 0 aromatic heterocycles. The van der Waals surface area contributed by atoms with Crippen LogP contribution in [0.3, 0.4) is 0 Å². The summed E-state index contributed by atoms with van der Waals surface area (Å²) in [7, 11) is -4.30. The minimum atomic E-state index is -4.30. The molecule has 6 atom stereocenters. The molecule has 3 N–H and O–H groups in total. The number of ether oxygens (including phenoxy) is 1. The molecule has 44 heavy (non-hydrogen) atoms. The minimum absolute atomic E-state index is 0.111. The van der Waals surface area contributed by atoms with Crippen molar-refractivity contribution >= 4 is 33.8 Å². The molecule has 3 aliphatic rings. The van der Waals surface area contributed by atoms with Crippen molar-refractivity contribution in [1.29, 1.82) is 0 Å². The van der Waals surface area contributed by atoms with E-state index in [0.717, 1.165) is 12.8 Å². The molecule has 2 saturated carbocycles. The fraction of sp³-hybridized carbons (Fsp3) is 0.742. The number of carbonyl (C=O) groups is 4. The SMILES string of the molecule is C=CCCC(C)C[C@@H](C)[C@H](NC(=O)OC(C)(C)C)C(=O)N1CCC[C@H]1C(=O)N[C@]1(C(=O)NS(=O)(=O)C2(CF)CC2)C[C@H]1C=C. The third-order valence-corrected chi connectivity index (χ3v) is 11.0. The maximum absolute atomic E-state index is 14.0. The van der Waals surface area contributed by atoms with E-state index in [4.69, 9.17) is 4.74 Å². The lowest BCUT2D eigenvalue weighted by Gasteiger charge is -2.33. The number of alkyl carbamates (subject to hydrolysis) is 1. The van der Waals surface area contributed by atoms with Gasteiger partial charge in [0.15, 0.2) is 0 Å². The second kappa shape index (κ2) is 13.6. The van der Waals surface area contributed by atoms with Gasteiger partial charge in [-0.25, -0.2) is 17.6 Å². The van der Waals surface area contributed by atoms with Crippen LogP contribution in [0.15, 0.2) is 25.3 Å². The van der Waals surface area contributed by atoms with Gasteiger partial charge in [0.05, 0.1) is 0 Å². The van der Waals surface area contributed by atoms with E-state index in [1.54, 1.807) is 20.8 Å². The van der Waals surface area contributed by atoms with Gasteiger partial charge in [-0.1, -0.05) is 26.0 Å². The van der Waals surface area contributed by atoms with Gasteiger partial charge in [-0.3, -0.25) is 19.1 Å². The summed E-state index contributed by atoms with van der Waals surface area (Å²) >= 11 is 0. The first-order chi connectivity index (χ1) is 20.5. The molecule has 1 unspecified atom stereocenters. The van der Waals surface area contributed by atoms with Gasteiger partial charge in [-0.05, 0) is 84.0 Å². The van der Waals surface area contributed by atoms with Gasteiger partial charge in [-0.2, -0.15) is 0 Å². The Morgan fingerprint density at radius 1 is 1.16 bits per heavy atom. The van der Waals surface area contributed by atoms with Gasteiger partial charge >= 0.3 is 6.09 Å². The number of hydrogen-bond acceptors (Lipinski definition) is 7. The molecular formula is C31H49FN4O7S. The molecule has 2 aliphatic carbocycles. The lowest BCUT2D eigenvalue weighted by atomic mass is 9.88. The van der Waals surface area contributed by atoms with Crippen LogP contribution >= 0.6 is 0 Å². The number of nitrogens with zero attached hydrogens (tertiary/aromatic N) is 1. The standard InChI is InChI=1S/C31H49FN4O7S/c1-8-10-12-20(3)17-21(4)24(33-28(40)43-29(5,6)7)26(38)36-16-11-13-23(36)25(37)34-31(18-22(31)9-2)27(39)35-44(41,42)30(19-32)14-15-30/h8-9,20-24H,1-2,10-19H2,3-7H3,(H,33,40)(H,34,37)(H,35,39)/t20?,21-,22-,23+,24+,31-/m1/s1. The highest BCUT2D eigenvalue weighted by Gasteiger charge is 2.63. The lowest BCUT2D eigenvalue weighted by molar-refractivity contribution is -0.142. The summed E-state index contributed by atoms with van der Waals surface area (Å²) in [5.74, 6) is -2.58. The molecule has 4 amide bonds. The quantitative estimate of drug-likeness (QED) is 0.232. The van der Waals surface area contributed by atoms with Crippen LogP contribution in [-0.2, 0) is 29.1 Å². The predicted octanol–water partition coefficient (Wildman–Crippen LogP) is 3.51. The third kappa shape index (κ3) is 8.00. The van der Waals surface area contributed by atoms with Crippen LogP contribution in [-0.4, -0.2) is 78.3 Å². The number of sulfonamides is 1. The Labute approximate surface area is 260 Å². The number of allylic oxidation sites excluding steroid dienone is 1. The molecule has 13 heteroatoms. The van der Waals surface area contributed by atoms with E-state index < -0.39 is 74.4 Å². The first-order valence-electron chi connectivity index (χ1n) is 15.4. The van der Waals surface area contributed by atoms with E-state index in [1.807, 2.05) is 17.7 Å². The van der Waals surface area contributed by atoms with Crippen LogP contribution in [0.5, 0.6) is 0 Å². The summed E-state index contributed by atoms with van der Waals surface area (Å²) in [6.45, 7) is 15.7. The van der Waals surface area contributed by atoms with Crippen molar-refractivity contribution in [3.63, 3.8) is 0 Å². The second-order valence-electron chi connectivity index (χ2n) is 13.8. The van der Waals surface area contributed by atoms with Gasteiger partial charge < -0.3 is 20.3 Å². The molecule has 1 saturated heterocycles. The number of carbonyl (C=O) groups excluding carboxylic acids is 4. The van der Waals surface area contributed by atoms with Crippen molar-refractivity contribution in [2.45, 2.75) is 114 Å². The van der Waals surface area contributed by atoms with Crippen LogP contribution in [0.25, 0.3) is 0 Å². The minimum Gasteiger partial charge on any atom is -0.444 e. The smallest absolute Gasteiger partial charge is 0.408 e. The van der Waals surface area contributed by atoms with Crippen molar-refractivity contribution in [3.8, 4) is 0 Å². The number of hydrogen-bond donors (Lipinski definition) is 3. The van der Waals surface area contributed by atoms with Gasteiger partial charge in [0, 0.05) is 12.5 Å². The fourth-order valence-corrected chi connectivity index (χ4v) is 7.35. The Morgan fingerprint density at radius 3 is 2.34 bits per heavy atom. The molecular weight excluding hydrogens is 591 g/mol. The normalized spacial score (nSPS) is 26.0. The molecule has 0 radical (unpaired) electrons. The summed E-state index contributed by atoms with van der Waals surface area (Å²) in [4.78, 5) is 55.1. The molecule has 0 bridgehead atoms.